The van der Waals surface area contributed by atoms with Crippen LogP contribution in [-0.2, 0) is 6.54 Å². The lowest BCUT2D eigenvalue weighted by Crippen LogP contribution is -2.34. The minimum absolute atomic E-state index is 0.109. The Morgan fingerprint density at radius 1 is 1.24 bits per heavy atom. The highest BCUT2D eigenvalue weighted by molar-refractivity contribution is 5.33. The van der Waals surface area contributed by atoms with Crippen molar-refractivity contribution in [2.24, 2.45) is 5.92 Å². The highest BCUT2D eigenvalue weighted by Crippen LogP contribution is 2.27. The van der Waals surface area contributed by atoms with Gasteiger partial charge in [0.1, 0.15) is 5.75 Å². The number of rotatable bonds is 5. The summed E-state index contributed by atoms with van der Waals surface area (Å²) in [5, 5.41) is 3.31. The van der Waals surface area contributed by atoms with Crippen LogP contribution in [0.5, 0.6) is 5.75 Å². The Kier molecular flexibility index (Phi) is 5.47. The fourth-order valence-corrected chi connectivity index (χ4v) is 2.72. The fourth-order valence-electron chi connectivity index (χ4n) is 2.72. The van der Waals surface area contributed by atoms with Crippen molar-refractivity contribution < 1.29 is 17.9 Å². The summed E-state index contributed by atoms with van der Waals surface area (Å²) in [7, 11) is 1.94. The Morgan fingerprint density at radius 2 is 1.90 bits per heavy atom. The van der Waals surface area contributed by atoms with Crippen LogP contribution in [0.25, 0.3) is 0 Å². The molecule has 21 heavy (non-hydrogen) atoms. The highest BCUT2D eigenvalue weighted by Gasteiger charge is 2.32. The zero-order valence-corrected chi connectivity index (χ0v) is 12.1. The Bertz CT molecular complexity index is 445. The van der Waals surface area contributed by atoms with E-state index in [0.717, 1.165) is 32.5 Å². The third-order valence-corrected chi connectivity index (χ3v) is 3.67. The van der Waals surface area contributed by atoms with E-state index in [2.05, 4.69) is 15.0 Å². The van der Waals surface area contributed by atoms with Gasteiger partial charge in [-0.15, -0.1) is 13.2 Å². The van der Waals surface area contributed by atoms with Crippen molar-refractivity contribution in [1.82, 2.24) is 10.2 Å². The lowest BCUT2D eigenvalue weighted by atomic mass is 9.97. The predicted molar refractivity (Wildman–Crippen MR) is 75.1 cm³/mol. The molecular formula is C15H21F3N2O. The molecule has 1 aromatic carbocycles. The summed E-state index contributed by atoms with van der Waals surface area (Å²) in [5.41, 5.74) is 0.561. The van der Waals surface area contributed by atoms with Gasteiger partial charge in [0.15, 0.2) is 0 Å². The summed E-state index contributed by atoms with van der Waals surface area (Å²) in [4.78, 5) is 2.06. The second-order valence-corrected chi connectivity index (χ2v) is 5.55. The quantitative estimate of drug-likeness (QED) is 0.905. The van der Waals surface area contributed by atoms with Gasteiger partial charge in [0.25, 0.3) is 0 Å². The number of piperidine rings is 1. The summed E-state index contributed by atoms with van der Waals surface area (Å²) >= 11 is 0. The molecule has 1 aliphatic rings. The highest BCUT2D eigenvalue weighted by atomic mass is 19.4. The molecule has 0 unspecified atom stereocenters. The van der Waals surface area contributed by atoms with Crippen molar-refractivity contribution in [3.05, 3.63) is 29.8 Å². The molecule has 1 heterocycles. The van der Waals surface area contributed by atoms with Gasteiger partial charge >= 0.3 is 6.36 Å². The molecule has 0 spiro atoms. The van der Waals surface area contributed by atoms with Gasteiger partial charge in [-0.2, -0.15) is 0 Å². The molecule has 1 fully saturated rings. The lowest BCUT2D eigenvalue weighted by Gasteiger charge is -2.28. The molecule has 0 radical (unpaired) electrons. The molecule has 6 heteroatoms. The van der Waals surface area contributed by atoms with Crippen LogP contribution in [0.2, 0.25) is 0 Å². The first-order chi connectivity index (χ1) is 9.94. The molecule has 118 valence electrons. The molecule has 3 nitrogen and oxygen atoms in total. The van der Waals surface area contributed by atoms with E-state index in [0.29, 0.717) is 18.0 Å². The number of alkyl halides is 3. The topological polar surface area (TPSA) is 24.5 Å². The molecule has 0 atom stereocenters. The molecule has 1 saturated heterocycles. The summed E-state index contributed by atoms with van der Waals surface area (Å²) in [6.45, 7) is 3.39. The predicted octanol–water partition coefficient (Wildman–Crippen LogP) is 3.02. The maximum atomic E-state index is 12.4. The van der Waals surface area contributed by atoms with Crippen LogP contribution in [0.4, 0.5) is 13.2 Å². The number of benzene rings is 1. The standard InChI is InChI=1S/C15H21F3N2O/c1-20(10-12-6-8-19-9-7-12)11-13-4-2-3-5-14(13)21-15(16,17)18/h2-5,12,19H,6-11H2,1H3. The molecule has 2 rings (SSSR count). The zero-order chi connectivity index (χ0) is 15.3. The second-order valence-electron chi connectivity index (χ2n) is 5.55. The van der Waals surface area contributed by atoms with Gasteiger partial charge in [-0.25, -0.2) is 0 Å². The normalized spacial score (nSPS) is 17.2. The van der Waals surface area contributed by atoms with Gasteiger partial charge in [-0.05, 0) is 45.0 Å². The summed E-state index contributed by atoms with van der Waals surface area (Å²) < 4.78 is 41.3. The maximum Gasteiger partial charge on any atom is 0.573 e. The SMILES string of the molecule is CN(Cc1ccccc1OC(F)(F)F)CC1CCNCC1. The molecule has 1 N–H and O–H groups in total. The van der Waals surface area contributed by atoms with E-state index in [-0.39, 0.29) is 5.75 Å². The van der Waals surface area contributed by atoms with Crippen LogP contribution in [0.15, 0.2) is 24.3 Å². The zero-order valence-electron chi connectivity index (χ0n) is 12.1. The van der Waals surface area contributed by atoms with Crippen molar-refractivity contribution in [2.75, 3.05) is 26.7 Å². The summed E-state index contributed by atoms with van der Waals surface area (Å²) in [5.74, 6) is 0.495. The Balaban J connectivity index is 1.94. The molecular weight excluding hydrogens is 281 g/mol. The van der Waals surface area contributed by atoms with E-state index in [1.165, 1.54) is 6.07 Å². The first-order valence-corrected chi connectivity index (χ1v) is 7.17. The van der Waals surface area contributed by atoms with Crippen molar-refractivity contribution in [1.29, 1.82) is 0 Å². The van der Waals surface area contributed by atoms with Gasteiger partial charge in [0, 0.05) is 18.7 Å². The van der Waals surface area contributed by atoms with Crippen LogP contribution < -0.4 is 10.1 Å². The molecule has 0 bridgehead atoms. The Morgan fingerprint density at radius 3 is 2.57 bits per heavy atom. The molecule has 1 aromatic rings. The smallest absolute Gasteiger partial charge is 0.405 e. The monoisotopic (exact) mass is 302 g/mol. The molecule has 1 aliphatic heterocycles. The number of hydrogen-bond donors (Lipinski definition) is 1. The maximum absolute atomic E-state index is 12.4. The van der Waals surface area contributed by atoms with E-state index in [4.69, 9.17) is 0 Å². The van der Waals surface area contributed by atoms with Gasteiger partial charge < -0.3 is 15.0 Å². The van der Waals surface area contributed by atoms with Crippen molar-refractivity contribution >= 4 is 0 Å². The molecule has 0 amide bonds. The van der Waals surface area contributed by atoms with Crippen molar-refractivity contribution in [2.45, 2.75) is 25.7 Å². The third-order valence-electron chi connectivity index (χ3n) is 3.67. The van der Waals surface area contributed by atoms with Gasteiger partial charge in [-0.1, -0.05) is 18.2 Å². The number of ether oxygens (including phenoxy) is 1. The minimum Gasteiger partial charge on any atom is -0.405 e. The van der Waals surface area contributed by atoms with Crippen LogP contribution in [0.1, 0.15) is 18.4 Å². The Labute approximate surface area is 123 Å². The van der Waals surface area contributed by atoms with Gasteiger partial charge in [0.05, 0.1) is 0 Å². The first kappa shape index (κ1) is 16.1. The van der Waals surface area contributed by atoms with E-state index >= 15 is 0 Å². The van der Waals surface area contributed by atoms with E-state index in [1.807, 2.05) is 7.05 Å². The van der Waals surface area contributed by atoms with Gasteiger partial charge in [-0.3, -0.25) is 0 Å². The third kappa shape index (κ3) is 5.55. The van der Waals surface area contributed by atoms with Crippen LogP contribution >= 0.6 is 0 Å². The number of nitrogens with zero attached hydrogens (tertiary/aromatic N) is 1. The fraction of sp³-hybridized carbons (Fsp3) is 0.600. The van der Waals surface area contributed by atoms with E-state index in [9.17, 15) is 13.2 Å². The van der Waals surface area contributed by atoms with Crippen LogP contribution in [0, 0.1) is 5.92 Å². The Hall–Kier alpha value is -1.27. The average molecular weight is 302 g/mol. The van der Waals surface area contributed by atoms with Crippen LogP contribution in [0.3, 0.4) is 0 Å². The number of hydrogen-bond acceptors (Lipinski definition) is 3. The molecule has 0 saturated carbocycles. The lowest BCUT2D eigenvalue weighted by molar-refractivity contribution is -0.275. The van der Waals surface area contributed by atoms with E-state index in [1.54, 1.807) is 18.2 Å². The number of para-hydroxylation sites is 1. The minimum atomic E-state index is -4.65. The first-order valence-electron chi connectivity index (χ1n) is 7.17. The average Bonchev–Trinajstić information content (AvgIpc) is 2.40. The molecule has 0 aliphatic carbocycles. The second kappa shape index (κ2) is 7.13. The summed E-state index contributed by atoms with van der Waals surface area (Å²) in [6, 6.07) is 6.33. The van der Waals surface area contributed by atoms with E-state index < -0.39 is 6.36 Å². The van der Waals surface area contributed by atoms with Gasteiger partial charge in [0.2, 0.25) is 0 Å². The summed E-state index contributed by atoms with van der Waals surface area (Å²) in [6.07, 6.45) is -2.42. The molecule has 0 aromatic heterocycles. The van der Waals surface area contributed by atoms with Crippen LogP contribution in [-0.4, -0.2) is 37.9 Å². The van der Waals surface area contributed by atoms with Crippen molar-refractivity contribution in [3.8, 4) is 5.75 Å². The largest absolute Gasteiger partial charge is 0.573 e. The van der Waals surface area contributed by atoms with Crippen molar-refractivity contribution in [3.63, 3.8) is 0 Å². The number of nitrogens with one attached hydrogen (secondary N) is 1. The number of halogens is 3.